The van der Waals surface area contributed by atoms with Gasteiger partial charge < -0.3 is 9.15 Å². The molecule has 0 N–H and O–H groups in total. The van der Waals surface area contributed by atoms with E-state index in [1.807, 2.05) is 30.3 Å². The van der Waals surface area contributed by atoms with Crippen LogP contribution in [0.1, 0.15) is 12.7 Å². The third-order valence-electron chi connectivity index (χ3n) is 2.45. The minimum Gasteiger partial charge on any atom is -0.466 e. The zero-order valence-corrected chi connectivity index (χ0v) is 10.2. The molecule has 0 saturated heterocycles. The minimum absolute atomic E-state index is 0.412. The normalized spacial score (nSPS) is 11.3. The van der Waals surface area contributed by atoms with Gasteiger partial charge in [0.15, 0.2) is 5.76 Å². The fraction of sp³-hybridized carbons (Fsp3) is 0.143. The molecule has 2 rings (SSSR count). The van der Waals surface area contributed by atoms with E-state index < -0.39 is 5.97 Å². The number of oxazole rings is 1. The summed E-state index contributed by atoms with van der Waals surface area (Å²) in [5.41, 5.74) is 1.58. The van der Waals surface area contributed by atoms with Crippen LogP contribution in [0.5, 0.6) is 0 Å². The summed E-state index contributed by atoms with van der Waals surface area (Å²) in [7, 11) is 1.34. The molecule has 4 nitrogen and oxygen atoms in total. The van der Waals surface area contributed by atoms with Gasteiger partial charge in [0, 0.05) is 17.2 Å². The van der Waals surface area contributed by atoms with E-state index in [0.29, 0.717) is 17.2 Å². The smallest absolute Gasteiger partial charge is 0.330 e. The van der Waals surface area contributed by atoms with E-state index in [2.05, 4.69) is 9.72 Å². The van der Waals surface area contributed by atoms with Crippen LogP contribution in [0.2, 0.25) is 0 Å². The van der Waals surface area contributed by atoms with Crippen molar-refractivity contribution >= 4 is 11.5 Å². The first kappa shape index (κ1) is 12.1. The average Bonchev–Trinajstić information content (AvgIpc) is 2.89. The van der Waals surface area contributed by atoms with Crippen molar-refractivity contribution in [2.75, 3.05) is 7.11 Å². The van der Waals surface area contributed by atoms with Gasteiger partial charge in [-0.25, -0.2) is 9.78 Å². The van der Waals surface area contributed by atoms with Crippen LogP contribution in [0.4, 0.5) is 0 Å². The van der Waals surface area contributed by atoms with Crippen molar-refractivity contribution in [3.63, 3.8) is 0 Å². The van der Waals surface area contributed by atoms with Gasteiger partial charge >= 0.3 is 5.97 Å². The number of hydrogen-bond acceptors (Lipinski definition) is 4. The van der Waals surface area contributed by atoms with E-state index in [1.54, 1.807) is 13.1 Å². The topological polar surface area (TPSA) is 52.3 Å². The summed E-state index contributed by atoms with van der Waals surface area (Å²) in [5.74, 6) is 0.674. The Kier molecular flexibility index (Phi) is 3.57. The van der Waals surface area contributed by atoms with Crippen LogP contribution in [-0.4, -0.2) is 18.1 Å². The van der Waals surface area contributed by atoms with E-state index in [0.717, 1.165) is 5.56 Å². The fourth-order valence-electron chi connectivity index (χ4n) is 1.48. The minimum atomic E-state index is -0.412. The summed E-state index contributed by atoms with van der Waals surface area (Å²) >= 11 is 0. The molecule has 0 radical (unpaired) electrons. The Labute approximate surface area is 105 Å². The van der Waals surface area contributed by atoms with Crippen LogP contribution in [0.15, 0.2) is 47.0 Å². The molecular weight excluding hydrogens is 230 g/mol. The van der Waals surface area contributed by atoms with E-state index in [-0.39, 0.29) is 0 Å². The summed E-state index contributed by atoms with van der Waals surface area (Å²) in [6.07, 6.45) is 2.96. The Morgan fingerprint density at radius 3 is 2.72 bits per heavy atom. The lowest BCUT2D eigenvalue weighted by molar-refractivity contribution is -0.134. The maximum absolute atomic E-state index is 11.1. The molecule has 0 unspecified atom stereocenters. The van der Waals surface area contributed by atoms with Gasteiger partial charge in [-0.3, -0.25) is 0 Å². The van der Waals surface area contributed by atoms with Crippen LogP contribution in [0.3, 0.4) is 0 Å². The number of nitrogens with zero attached hydrogens (tertiary/aromatic N) is 1. The second kappa shape index (κ2) is 5.31. The largest absolute Gasteiger partial charge is 0.466 e. The first-order valence-corrected chi connectivity index (χ1v) is 5.48. The molecule has 0 fully saturated rings. The van der Waals surface area contributed by atoms with Crippen molar-refractivity contribution in [1.82, 2.24) is 4.98 Å². The maximum atomic E-state index is 11.1. The molecule has 0 spiro atoms. The number of allylic oxidation sites excluding steroid dienone is 1. The lowest BCUT2D eigenvalue weighted by atomic mass is 10.2. The first-order valence-electron chi connectivity index (χ1n) is 5.48. The molecule has 18 heavy (non-hydrogen) atoms. The quantitative estimate of drug-likeness (QED) is 0.614. The highest BCUT2D eigenvalue weighted by molar-refractivity contribution is 5.90. The molecule has 92 valence electrons. The van der Waals surface area contributed by atoms with Crippen molar-refractivity contribution in [2.45, 2.75) is 6.92 Å². The number of carbonyl (C=O) groups excluding carboxylic acids is 1. The predicted molar refractivity (Wildman–Crippen MR) is 67.6 cm³/mol. The second-order valence-electron chi connectivity index (χ2n) is 3.75. The van der Waals surface area contributed by atoms with Gasteiger partial charge in [0.2, 0.25) is 5.89 Å². The molecule has 4 heteroatoms. The molecule has 1 aromatic heterocycles. The number of benzene rings is 1. The van der Waals surface area contributed by atoms with E-state index >= 15 is 0 Å². The highest BCUT2D eigenvalue weighted by atomic mass is 16.5. The Morgan fingerprint density at radius 1 is 1.33 bits per heavy atom. The zero-order chi connectivity index (χ0) is 13.0. The number of esters is 1. The summed E-state index contributed by atoms with van der Waals surface area (Å²) < 4.78 is 10.1. The van der Waals surface area contributed by atoms with Crippen LogP contribution in [0, 0.1) is 0 Å². The first-order chi connectivity index (χ1) is 8.70. The molecule has 1 heterocycles. The zero-order valence-electron chi connectivity index (χ0n) is 10.2. The molecule has 1 aromatic carbocycles. The molecule has 0 amide bonds. The third kappa shape index (κ3) is 2.66. The van der Waals surface area contributed by atoms with Crippen LogP contribution >= 0.6 is 0 Å². The van der Waals surface area contributed by atoms with Gasteiger partial charge in [-0.05, 0) is 19.1 Å². The van der Waals surface area contributed by atoms with Gasteiger partial charge in [0.25, 0.3) is 0 Å². The third-order valence-corrected chi connectivity index (χ3v) is 2.45. The lowest BCUT2D eigenvalue weighted by Gasteiger charge is -1.96. The Hall–Kier alpha value is -2.36. The maximum Gasteiger partial charge on any atom is 0.330 e. The lowest BCUT2D eigenvalue weighted by Crippen LogP contribution is -1.95. The Morgan fingerprint density at radius 2 is 2.06 bits per heavy atom. The molecule has 0 aliphatic heterocycles. The molecular formula is C14H13NO3. The average molecular weight is 243 g/mol. The summed E-state index contributed by atoms with van der Waals surface area (Å²) in [4.78, 5) is 15.3. The van der Waals surface area contributed by atoms with Gasteiger partial charge in [-0.2, -0.15) is 0 Å². The van der Waals surface area contributed by atoms with E-state index in [9.17, 15) is 4.79 Å². The van der Waals surface area contributed by atoms with Crippen molar-refractivity contribution < 1.29 is 13.9 Å². The predicted octanol–water partition coefficient (Wildman–Crippen LogP) is 2.92. The van der Waals surface area contributed by atoms with Gasteiger partial charge in [0.1, 0.15) is 0 Å². The van der Waals surface area contributed by atoms with Crippen molar-refractivity contribution in [2.24, 2.45) is 0 Å². The Bertz CT molecular complexity index is 570. The molecule has 2 aromatic rings. The number of aromatic nitrogens is 1. The Balaban J connectivity index is 2.26. The van der Waals surface area contributed by atoms with Crippen molar-refractivity contribution in [1.29, 1.82) is 0 Å². The number of carbonyl (C=O) groups is 1. The van der Waals surface area contributed by atoms with Crippen molar-refractivity contribution in [3.05, 3.63) is 48.4 Å². The molecule has 0 bridgehead atoms. The van der Waals surface area contributed by atoms with Crippen LogP contribution in [0.25, 0.3) is 17.0 Å². The SMILES string of the molecule is COC(=O)/C=C(/C)c1cnc(-c2ccccc2)o1. The summed E-state index contributed by atoms with van der Waals surface area (Å²) in [5, 5.41) is 0. The molecule has 0 saturated carbocycles. The highest BCUT2D eigenvalue weighted by Gasteiger charge is 2.08. The number of ether oxygens (including phenoxy) is 1. The molecule has 0 aliphatic carbocycles. The fourth-order valence-corrected chi connectivity index (χ4v) is 1.48. The van der Waals surface area contributed by atoms with E-state index in [1.165, 1.54) is 13.2 Å². The molecule has 0 aliphatic rings. The number of rotatable bonds is 3. The van der Waals surface area contributed by atoms with Crippen LogP contribution < -0.4 is 0 Å². The monoisotopic (exact) mass is 243 g/mol. The summed E-state index contributed by atoms with van der Waals surface area (Å²) in [6.45, 7) is 1.77. The van der Waals surface area contributed by atoms with Crippen LogP contribution in [-0.2, 0) is 9.53 Å². The number of hydrogen-bond donors (Lipinski definition) is 0. The summed E-state index contributed by atoms with van der Waals surface area (Å²) in [6, 6.07) is 9.58. The highest BCUT2D eigenvalue weighted by Crippen LogP contribution is 2.22. The molecule has 0 atom stereocenters. The van der Waals surface area contributed by atoms with E-state index in [4.69, 9.17) is 4.42 Å². The van der Waals surface area contributed by atoms with Gasteiger partial charge in [-0.15, -0.1) is 0 Å². The van der Waals surface area contributed by atoms with Gasteiger partial charge in [-0.1, -0.05) is 18.2 Å². The standard InChI is InChI=1S/C14H13NO3/c1-10(8-13(16)17-2)12-9-15-14(18-12)11-6-4-3-5-7-11/h3-9H,1-2H3/b10-8-. The number of methoxy groups -OCH3 is 1. The van der Waals surface area contributed by atoms with Crippen molar-refractivity contribution in [3.8, 4) is 11.5 Å². The van der Waals surface area contributed by atoms with Gasteiger partial charge in [0.05, 0.1) is 13.3 Å². The second-order valence-corrected chi connectivity index (χ2v) is 3.75.